The fraction of sp³-hybridized carbons (Fsp3) is 0.143. The molecular weight excluding hydrogens is 241 g/mol. The predicted molar refractivity (Wildman–Crippen MR) is 61.5 cm³/mol. The SMILES string of the molecule is Cc1c[c]ccc1Oc1ccccc1C(F)(F)F. The topological polar surface area (TPSA) is 9.23 Å². The van der Waals surface area contributed by atoms with Crippen LogP contribution < -0.4 is 4.74 Å². The van der Waals surface area contributed by atoms with Crippen molar-refractivity contribution in [3.05, 3.63) is 59.7 Å². The second-order valence-corrected chi connectivity index (χ2v) is 3.79. The molecule has 2 rings (SSSR count). The maximum atomic E-state index is 12.8. The monoisotopic (exact) mass is 251 g/mol. The van der Waals surface area contributed by atoms with E-state index in [2.05, 4.69) is 6.07 Å². The zero-order chi connectivity index (χ0) is 13.2. The van der Waals surface area contributed by atoms with Crippen molar-refractivity contribution in [2.75, 3.05) is 0 Å². The third-order valence-electron chi connectivity index (χ3n) is 2.43. The van der Waals surface area contributed by atoms with Crippen molar-refractivity contribution in [2.24, 2.45) is 0 Å². The molecule has 0 aliphatic heterocycles. The summed E-state index contributed by atoms with van der Waals surface area (Å²) in [5.74, 6) is 0.199. The van der Waals surface area contributed by atoms with E-state index in [4.69, 9.17) is 4.74 Å². The van der Waals surface area contributed by atoms with Gasteiger partial charge in [-0.3, -0.25) is 0 Å². The number of benzene rings is 2. The lowest BCUT2D eigenvalue weighted by molar-refractivity contribution is -0.138. The molecule has 2 aromatic carbocycles. The molecule has 18 heavy (non-hydrogen) atoms. The number of ether oxygens (including phenoxy) is 1. The van der Waals surface area contributed by atoms with Crippen molar-refractivity contribution < 1.29 is 17.9 Å². The van der Waals surface area contributed by atoms with Crippen LogP contribution in [0.4, 0.5) is 13.2 Å². The van der Waals surface area contributed by atoms with E-state index in [1.165, 1.54) is 18.2 Å². The number of hydrogen-bond donors (Lipinski definition) is 0. The van der Waals surface area contributed by atoms with Crippen molar-refractivity contribution in [3.8, 4) is 11.5 Å². The molecule has 0 aliphatic carbocycles. The third-order valence-corrected chi connectivity index (χ3v) is 2.43. The number of rotatable bonds is 2. The Bertz CT molecular complexity index is 547. The molecule has 0 saturated heterocycles. The Morgan fingerprint density at radius 3 is 2.44 bits per heavy atom. The quantitative estimate of drug-likeness (QED) is 0.757. The van der Waals surface area contributed by atoms with Crippen LogP contribution in [0, 0.1) is 13.0 Å². The highest BCUT2D eigenvalue weighted by atomic mass is 19.4. The summed E-state index contributed by atoms with van der Waals surface area (Å²) in [6, 6.07) is 12.8. The summed E-state index contributed by atoms with van der Waals surface area (Å²) in [7, 11) is 0. The second kappa shape index (κ2) is 4.72. The molecule has 0 aromatic heterocycles. The molecule has 0 saturated carbocycles. The molecule has 0 fully saturated rings. The Morgan fingerprint density at radius 2 is 1.78 bits per heavy atom. The Kier molecular flexibility index (Phi) is 3.28. The van der Waals surface area contributed by atoms with Crippen LogP contribution in [0.3, 0.4) is 0 Å². The number of para-hydroxylation sites is 1. The van der Waals surface area contributed by atoms with E-state index in [0.29, 0.717) is 5.75 Å². The number of halogens is 3. The summed E-state index contributed by atoms with van der Waals surface area (Å²) in [4.78, 5) is 0. The first-order valence-electron chi connectivity index (χ1n) is 5.29. The van der Waals surface area contributed by atoms with Crippen LogP contribution in [-0.2, 0) is 6.18 Å². The lowest BCUT2D eigenvalue weighted by atomic mass is 10.2. The van der Waals surface area contributed by atoms with Gasteiger partial charge in [-0.25, -0.2) is 0 Å². The van der Waals surface area contributed by atoms with Crippen LogP contribution in [0.1, 0.15) is 11.1 Å². The van der Waals surface area contributed by atoms with E-state index >= 15 is 0 Å². The van der Waals surface area contributed by atoms with Crippen LogP contribution in [0.25, 0.3) is 0 Å². The average molecular weight is 251 g/mol. The highest BCUT2D eigenvalue weighted by Gasteiger charge is 2.34. The molecule has 1 nitrogen and oxygen atoms in total. The summed E-state index contributed by atoms with van der Waals surface area (Å²) >= 11 is 0. The zero-order valence-corrected chi connectivity index (χ0v) is 9.58. The molecule has 0 heterocycles. The van der Waals surface area contributed by atoms with Crippen LogP contribution in [0.5, 0.6) is 11.5 Å². The molecule has 0 amide bonds. The van der Waals surface area contributed by atoms with Crippen molar-refractivity contribution in [1.29, 1.82) is 0 Å². The highest BCUT2D eigenvalue weighted by molar-refractivity contribution is 5.41. The van der Waals surface area contributed by atoms with Gasteiger partial charge in [0.1, 0.15) is 11.5 Å². The lowest BCUT2D eigenvalue weighted by Gasteiger charge is -2.14. The largest absolute Gasteiger partial charge is 0.456 e. The molecule has 93 valence electrons. The summed E-state index contributed by atoms with van der Waals surface area (Å²) < 4.78 is 43.6. The zero-order valence-electron chi connectivity index (χ0n) is 9.58. The Labute approximate surface area is 103 Å². The fourth-order valence-electron chi connectivity index (χ4n) is 1.52. The van der Waals surface area contributed by atoms with E-state index < -0.39 is 11.7 Å². The van der Waals surface area contributed by atoms with Gasteiger partial charge in [-0.2, -0.15) is 13.2 Å². The second-order valence-electron chi connectivity index (χ2n) is 3.79. The predicted octanol–water partition coefficient (Wildman–Crippen LogP) is 4.61. The average Bonchev–Trinajstić information content (AvgIpc) is 2.31. The van der Waals surface area contributed by atoms with Gasteiger partial charge >= 0.3 is 6.18 Å². The highest BCUT2D eigenvalue weighted by Crippen LogP contribution is 2.38. The van der Waals surface area contributed by atoms with Crippen LogP contribution in [0.15, 0.2) is 42.5 Å². The minimum absolute atomic E-state index is 0.195. The van der Waals surface area contributed by atoms with Crippen molar-refractivity contribution in [1.82, 2.24) is 0 Å². The van der Waals surface area contributed by atoms with Gasteiger partial charge in [-0.1, -0.05) is 18.2 Å². The van der Waals surface area contributed by atoms with Crippen molar-refractivity contribution >= 4 is 0 Å². The van der Waals surface area contributed by atoms with Crippen LogP contribution in [-0.4, -0.2) is 0 Å². The smallest absolute Gasteiger partial charge is 0.419 e. The molecule has 0 N–H and O–H groups in total. The first-order valence-corrected chi connectivity index (χ1v) is 5.29. The maximum Gasteiger partial charge on any atom is 0.419 e. The Balaban J connectivity index is 2.39. The summed E-state index contributed by atoms with van der Waals surface area (Å²) in [5.41, 5.74) is -0.0493. The van der Waals surface area contributed by atoms with Crippen molar-refractivity contribution in [3.63, 3.8) is 0 Å². The van der Waals surface area contributed by atoms with E-state index in [1.807, 2.05) is 0 Å². The minimum Gasteiger partial charge on any atom is -0.456 e. The minimum atomic E-state index is -4.43. The number of hydrogen-bond acceptors (Lipinski definition) is 1. The van der Waals surface area contributed by atoms with Gasteiger partial charge in [-0.15, -0.1) is 0 Å². The third kappa shape index (κ3) is 2.64. The standard InChI is InChI=1S/C14H10F3O/c1-10-6-2-4-8-12(10)18-13-9-5-3-7-11(13)14(15,16)17/h3-9H,1H3. The normalized spacial score (nSPS) is 11.3. The maximum absolute atomic E-state index is 12.8. The van der Waals surface area contributed by atoms with E-state index in [1.54, 1.807) is 25.1 Å². The van der Waals surface area contributed by atoms with Gasteiger partial charge in [-0.05, 0) is 42.8 Å². The molecule has 4 heteroatoms. The molecule has 0 unspecified atom stereocenters. The van der Waals surface area contributed by atoms with Crippen LogP contribution >= 0.6 is 0 Å². The fourth-order valence-corrected chi connectivity index (χ4v) is 1.52. The molecule has 2 aromatic rings. The summed E-state index contributed by atoms with van der Waals surface area (Å²) in [6.45, 7) is 1.75. The Morgan fingerprint density at radius 1 is 1.06 bits per heavy atom. The molecule has 0 aliphatic rings. The van der Waals surface area contributed by atoms with Gasteiger partial charge in [0.15, 0.2) is 0 Å². The molecule has 1 radical (unpaired) electrons. The number of alkyl halides is 3. The van der Waals surface area contributed by atoms with Gasteiger partial charge < -0.3 is 4.74 Å². The Hall–Kier alpha value is -1.97. The first kappa shape index (κ1) is 12.5. The van der Waals surface area contributed by atoms with Gasteiger partial charge in [0.2, 0.25) is 0 Å². The van der Waals surface area contributed by atoms with Gasteiger partial charge in [0.05, 0.1) is 5.56 Å². The number of aryl methyl sites for hydroxylation is 1. The van der Waals surface area contributed by atoms with E-state index in [9.17, 15) is 13.2 Å². The van der Waals surface area contributed by atoms with Crippen molar-refractivity contribution in [2.45, 2.75) is 13.1 Å². The van der Waals surface area contributed by atoms with E-state index in [0.717, 1.165) is 11.6 Å². The summed E-state index contributed by atoms with van der Waals surface area (Å²) in [6.07, 6.45) is -4.43. The first-order chi connectivity index (χ1) is 8.48. The van der Waals surface area contributed by atoms with E-state index in [-0.39, 0.29) is 5.75 Å². The van der Waals surface area contributed by atoms with Crippen LogP contribution in [0.2, 0.25) is 0 Å². The lowest BCUT2D eigenvalue weighted by Crippen LogP contribution is -2.06. The molecular formula is C14H10F3O. The molecule has 0 bridgehead atoms. The summed E-state index contributed by atoms with van der Waals surface area (Å²) in [5, 5.41) is 0. The van der Waals surface area contributed by atoms with Gasteiger partial charge in [0.25, 0.3) is 0 Å². The molecule has 0 atom stereocenters. The van der Waals surface area contributed by atoms with Gasteiger partial charge in [0, 0.05) is 0 Å². The molecule has 0 spiro atoms.